The molecule has 0 aliphatic carbocycles. The van der Waals surface area contributed by atoms with Gasteiger partial charge in [-0.1, -0.05) is 11.6 Å². The largest absolute Gasteiger partial charge is 0.342 e. The van der Waals surface area contributed by atoms with E-state index in [0.717, 1.165) is 38.8 Å². The van der Waals surface area contributed by atoms with Crippen molar-refractivity contribution in [3.63, 3.8) is 0 Å². The van der Waals surface area contributed by atoms with Crippen LogP contribution in [0.4, 0.5) is 5.69 Å². The van der Waals surface area contributed by atoms with Crippen LogP contribution in [0.25, 0.3) is 0 Å². The first-order valence-electron chi connectivity index (χ1n) is 9.70. The van der Waals surface area contributed by atoms with E-state index >= 15 is 0 Å². The SMILES string of the molecule is O=C(C1CCN(C2CC(=O)N(c3ccc(Cl)cc3)C2=O)CC1)N1CCCC1. The first kappa shape index (κ1) is 18.4. The van der Waals surface area contributed by atoms with Crippen molar-refractivity contribution in [2.75, 3.05) is 31.1 Å². The first-order chi connectivity index (χ1) is 13.0. The van der Waals surface area contributed by atoms with Crippen molar-refractivity contribution in [2.45, 2.75) is 38.1 Å². The molecule has 3 fully saturated rings. The fourth-order valence-electron chi connectivity index (χ4n) is 4.42. The highest BCUT2D eigenvalue weighted by atomic mass is 35.5. The summed E-state index contributed by atoms with van der Waals surface area (Å²) in [4.78, 5) is 43.2. The predicted octanol–water partition coefficient (Wildman–Crippen LogP) is 2.31. The Bertz CT molecular complexity index is 737. The molecule has 6 nitrogen and oxygen atoms in total. The van der Waals surface area contributed by atoms with Crippen molar-refractivity contribution in [1.82, 2.24) is 9.80 Å². The van der Waals surface area contributed by atoms with E-state index in [1.54, 1.807) is 24.3 Å². The summed E-state index contributed by atoms with van der Waals surface area (Å²) >= 11 is 5.90. The average Bonchev–Trinajstić information content (AvgIpc) is 3.31. The zero-order chi connectivity index (χ0) is 19.0. The fourth-order valence-corrected chi connectivity index (χ4v) is 4.54. The maximum absolute atomic E-state index is 12.9. The Hall–Kier alpha value is -1.92. The summed E-state index contributed by atoms with van der Waals surface area (Å²) in [7, 11) is 0. The second-order valence-electron chi connectivity index (χ2n) is 7.61. The molecule has 0 aromatic heterocycles. The number of piperidine rings is 1. The second kappa shape index (κ2) is 7.60. The normalized spacial score (nSPS) is 24.9. The molecular formula is C20H24ClN3O3. The van der Waals surface area contributed by atoms with Crippen LogP contribution in [0.3, 0.4) is 0 Å². The van der Waals surface area contributed by atoms with Gasteiger partial charge in [-0.15, -0.1) is 0 Å². The Labute approximate surface area is 164 Å². The summed E-state index contributed by atoms with van der Waals surface area (Å²) in [5, 5.41) is 0.569. The third kappa shape index (κ3) is 3.60. The number of amides is 3. The van der Waals surface area contributed by atoms with Crippen LogP contribution in [0.15, 0.2) is 24.3 Å². The lowest BCUT2D eigenvalue weighted by atomic mass is 9.94. The number of hydrogen-bond donors (Lipinski definition) is 0. The van der Waals surface area contributed by atoms with E-state index in [2.05, 4.69) is 4.90 Å². The first-order valence-corrected chi connectivity index (χ1v) is 10.1. The Balaban J connectivity index is 1.38. The Morgan fingerprint density at radius 3 is 2.22 bits per heavy atom. The molecule has 1 unspecified atom stereocenters. The molecule has 0 bridgehead atoms. The molecule has 0 spiro atoms. The number of likely N-dealkylation sites (tertiary alicyclic amines) is 2. The van der Waals surface area contributed by atoms with Crippen molar-refractivity contribution in [2.24, 2.45) is 5.92 Å². The van der Waals surface area contributed by atoms with Crippen molar-refractivity contribution < 1.29 is 14.4 Å². The number of benzene rings is 1. The van der Waals surface area contributed by atoms with E-state index in [9.17, 15) is 14.4 Å². The van der Waals surface area contributed by atoms with E-state index in [1.165, 1.54) is 4.90 Å². The highest BCUT2D eigenvalue weighted by molar-refractivity contribution is 6.30. The number of rotatable bonds is 3. The predicted molar refractivity (Wildman–Crippen MR) is 102 cm³/mol. The number of anilines is 1. The van der Waals surface area contributed by atoms with Gasteiger partial charge in [0.2, 0.25) is 11.8 Å². The van der Waals surface area contributed by atoms with E-state index in [1.807, 2.05) is 4.90 Å². The minimum absolute atomic E-state index is 0.0546. The van der Waals surface area contributed by atoms with Gasteiger partial charge in [0, 0.05) is 24.0 Å². The lowest BCUT2D eigenvalue weighted by Crippen LogP contribution is -2.48. The molecule has 0 radical (unpaired) electrons. The maximum Gasteiger partial charge on any atom is 0.251 e. The highest BCUT2D eigenvalue weighted by Gasteiger charge is 2.44. The minimum atomic E-state index is -0.420. The van der Waals surface area contributed by atoms with Gasteiger partial charge in [-0.3, -0.25) is 19.3 Å². The quantitative estimate of drug-likeness (QED) is 0.744. The molecule has 144 valence electrons. The van der Waals surface area contributed by atoms with Gasteiger partial charge in [-0.2, -0.15) is 0 Å². The standard InChI is InChI=1S/C20H24ClN3O3/c21-15-3-5-16(6-4-15)24-18(25)13-17(20(24)27)22-11-7-14(8-12-22)19(26)23-9-1-2-10-23/h3-6,14,17H,1-2,7-13H2. The van der Waals surface area contributed by atoms with Crippen LogP contribution in [0.1, 0.15) is 32.1 Å². The number of imide groups is 1. The summed E-state index contributed by atoms with van der Waals surface area (Å²) in [5.41, 5.74) is 0.566. The molecule has 0 N–H and O–H groups in total. The smallest absolute Gasteiger partial charge is 0.251 e. The molecule has 1 aromatic rings. The van der Waals surface area contributed by atoms with Crippen LogP contribution < -0.4 is 4.90 Å². The zero-order valence-electron chi connectivity index (χ0n) is 15.3. The molecule has 3 heterocycles. The fraction of sp³-hybridized carbons (Fsp3) is 0.550. The van der Waals surface area contributed by atoms with Gasteiger partial charge in [0.25, 0.3) is 5.91 Å². The van der Waals surface area contributed by atoms with Crippen LogP contribution >= 0.6 is 11.6 Å². The number of nitrogens with zero attached hydrogens (tertiary/aromatic N) is 3. The number of hydrogen-bond acceptors (Lipinski definition) is 4. The van der Waals surface area contributed by atoms with Crippen LogP contribution in [0.5, 0.6) is 0 Å². The van der Waals surface area contributed by atoms with Crippen LogP contribution in [-0.4, -0.2) is 59.7 Å². The highest BCUT2D eigenvalue weighted by Crippen LogP contribution is 2.30. The Morgan fingerprint density at radius 2 is 1.59 bits per heavy atom. The molecule has 3 amide bonds. The van der Waals surface area contributed by atoms with Crippen LogP contribution in [0.2, 0.25) is 5.02 Å². The van der Waals surface area contributed by atoms with Crippen molar-refractivity contribution in [3.05, 3.63) is 29.3 Å². The van der Waals surface area contributed by atoms with E-state index in [4.69, 9.17) is 11.6 Å². The van der Waals surface area contributed by atoms with E-state index < -0.39 is 6.04 Å². The summed E-state index contributed by atoms with van der Waals surface area (Å²) in [6, 6.07) is 6.33. The second-order valence-corrected chi connectivity index (χ2v) is 8.04. The van der Waals surface area contributed by atoms with E-state index in [-0.39, 0.29) is 30.1 Å². The number of halogens is 1. The molecule has 27 heavy (non-hydrogen) atoms. The van der Waals surface area contributed by atoms with Gasteiger partial charge in [0.05, 0.1) is 18.2 Å². The summed E-state index contributed by atoms with van der Waals surface area (Å²) in [6.07, 6.45) is 3.92. The molecule has 7 heteroatoms. The molecule has 4 rings (SSSR count). The Kier molecular flexibility index (Phi) is 5.19. The Morgan fingerprint density at radius 1 is 0.963 bits per heavy atom. The minimum Gasteiger partial charge on any atom is -0.342 e. The molecule has 3 aliphatic heterocycles. The van der Waals surface area contributed by atoms with Crippen molar-refractivity contribution in [1.29, 1.82) is 0 Å². The zero-order valence-corrected chi connectivity index (χ0v) is 16.0. The van der Waals surface area contributed by atoms with Gasteiger partial charge in [-0.05, 0) is 63.0 Å². The van der Waals surface area contributed by atoms with Gasteiger partial charge in [0.1, 0.15) is 0 Å². The topological polar surface area (TPSA) is 60.9 Å². The summed E-state index contributed by atoms with van der Waals surface area (Å²) < 4.78 is 0. The average molecular weight is 390 g/mol. The summed E-state index contributed by atoms with van der Waals surface area (Å²) in [6.45, 7) is 3.13. The molecule has 0 saturated carbocycles. The van der Waals surface area contributed by atoms with Crippen molar-refractivity contribution in [3.8, 4) is 0 Å². The number of carbonyl (C=O) groups is 3. The number of carbonyl (C=O) groups excluding carboxylic acids is 3. The van der Waals surface area contributed by atoms with Gasteiger partial charge in [0.15, 0.2) is 0 Å². The molecule has 1 aromatic carbocycles. The van der Waals surface area contributed by atoms with Gasteiger partial charge >= 0.3 is 0 Å². The molecule has 3 aliphatic rings. The third-order valence-corrected chi connectivity index (χ3v) is 6.20. The third-order valence-electron chi connectivity index (χ3n) is 5.94. The molecular weight excluding hydrogens is 366 g/mol. The van der Waals surface area contributed by atoms with Crippen LogP contribution in [-0.2, 0) is 14.4 Å². The lowest BCUT2D eigenvalue weighted by molar-refractivity contribution is -0.136. The summed E-state index contributed by atoms with van der Waals surface area (Å²) in [5.74, 6) is -0.0306. The maximum atomic E-state index is 12.9. The van der Waals surface area contributed by atoms with E-state index in [0.29, 0.717) is 23.8 Å². The molecule has 3 saturated heterocycles. The molecule has 1 atom stereocenters. The lowest BCUT2D eigenvalue weighted by Gasteiger charge is -2.35. The van der Waals surface area contributed by atoms with Gasteiger partial charge in [-0.25, -0.2) is 4.90 Å². The van der Waals surface area contributed by atoms with Crippen molar-refractivity contribution >= 4 is 35.0 Å². The monoisotopic (exact) mass is 389 g/mol. The van der Waals surface area contributed by atoms with Crippen LogP contribution in [0, 0.1) is 5.92 Å². The van der Waals surface area contributed by atoms with Gasteiger partial charge < -0.3 is 4.90 Å².